The van der Waals surface area contributed by atoms with E-state index in [-0.39, 0.29) is 6.10 Å². The van der Waals surface area contributed by atoms with Crippen molar-refractivity contribution in [2.45, 2.75) is 20.0 Å². The van der Waals surface area contributed by atoms with Gasteiger partial charge < -0.3 is 9.72 Å². The van der Waals surface area contributed by atoms with Crippen LogP contribution in [0.3, 0.4) is 0 Å². The van der Waals surface area contributed by atoms with Gasteiger partial charge in [-0.25, -0.2) is 9.97 Å². The molecule has 0 aliphatic carbocycles. The van der Waals surface area contributed by atoms with Crippen LogP contribution in [0.15, 0.2) is 30.7 Å². The van der Waals surface area contributed by atoms with E-state index in [0.29, 0.717) is 5.88 Å². The molecule has 78 valence electrons. The normalized spacial score (nSPS) is 10.6. The molecule has 0 saturated heterocycles. The molecule has 0 aliphatic heterocycles. The molecule has 0 amide bonds. The highest BCUT2D eigenvalue weighted by atomic mass is 16.5. The number of nitrogens with zero attached hydrogens (tertiary/aromatic N) is 2. The van der Waals surface area contributed by atoms with Gasteiger partial charge in [0.2, 0.25) is 5.88 Å². The second-order valence-electron chi connectivity index (χ2n) is 3.49. The second kappa shape index (κ2) is 4.13. The summed E-state index contributed by atoms with van der Waals surface area (Å²) in [4.78, 5) is 11.3. The Balaban J connectivity index is 2.27. The summed E-state index contributed by atoms with van der Waals surface area (Å²) in [6.07, 6.45) is 3.50. The number of aromatic amines is 1. The molecular formula is C11H13N3O. The van der Waals surface area contributed by atoms with Gasteiger partial charge in [0, 0.05) is 6.07 Å². The first-order valence-corrected chi connectivity index (χ1v) is 4.88. The van der Waals surface area contributed by atoms with Gasteiger partial charge in [0.05, 0.1) is 30.0 Å². The minimum Gasteiger partial charge on any atom is -0.475 e. The fourth-order valence-electron chi connectivity index (χ4n) is 1.27. The molecule has 0 fully saturated rings. The van der Waals surface area contributed by atoms with Crippen molar-refractivity contribution in [1.82, 2.24) is 15.0 Å². The van der Waals surface area contributed by atoms with E-state index in [4.69, 9.17) is 4.74 Å². The van der Waals surface area contributed by atoms with Crippen LogP contribution in [0.25, 0.3) is 11.4 Å². The van der Waals surface area contributed by atoms with Gasteiger partial charge in [-0.2, -0.15) is 0 Å². The van der Waals surface area contributed by atoms with Crippen molar-refractivity contribution in [3.63, 3.8) is 0 Å². The molecule has 0 spiro atoms. The van der Waals surface area contributed by atoms with Crippen LogP contribution >= 0.6 is 0 Å². The summed E-state index contributed by atoms with van der Waals surface area (Å²) in [5.74, 6) is 0.636. The third-order valence-corrected chi connectivity index (χ3v) is 1.85. The lowest BCUT2D eigenvalue weighted by atomic mass is 10.3. The van der Waals surface area contributed by atoms with Gasteiger partial charge in [0.1, 0.15) is 0 Å². The summed E-state index contributed by atoms with van der Waals surface area (Å²) in [6, 6.07) is 5.68. The zero-order chi connectivity index (χ0) is 10.7. The molecule has 4 heteroatoms. The van der Waals surface area contributed by atoms with E-state index < -0.39 is 0 Å². The van der Waals surface area contributed by atoms with Gasteiger partial charge in [0.15, 0.2) is 0 Å². The lowest BCUT2D eigenvalue weighted by Crippen LogP contribution is -2.06. The van der Waals surface area contributed by atoms with E-state index in [1.54, 1.807) is 12.5 Å². The Kier molecular flexibility index (Phi) is 2.67. The highest BCUT2D eigenvalue weighted by Gasteiger charge is 2.03. The zero-order valence-corrected chi connectivity index (χ0v) is 8.77. The summed E-state index contributed by atoms with van der Waals surface area (Å²) in [6.45, 7) is 3.95. The van der Waals surface area contributed by atoms with Crippen molar-refractivity contribution in [3.8, 4) is 17.3 Å². The summed E-state index contributed by atoms with van der Waals surface area (Å²) in [7, 11) is 0. The number of aromatic nitrogens is 3. The van der Waals surface area contributed by atoms with Crippen LogP contribution in [0, 0.1) is 0 Å². The van der Waals surface area contributed by atoms with Crippen LogP contribution in [0.5, 0.6) is 5.88 Å². The fraction of sp³-hybridized carbons (Fsp3) is 0.273. The maximum absolute atomic E-state index is 5.51. The lowest BCUT2D eigenvalue weighted by Gasteiger charge is -2.08. The quantitative estimate of drug-likeness (QED) is 0.832. The van der Waals surface area contributed by atoms with Crippen LogP contribution in [-0.4, -0.2) is 21.1 Å². The maximum Gasteiger partial charge on any atom is 0.214 e. The van der Waals surface area contributed by atoms with Crippen LogP contribution in [0.4, 0.5) is 0 Å². The molecule has 0 atom stereocenters. The average Bonchev–Trinajstić information content (AvgIpc) is 2.69. The minimum atomic E-state index is 0.134. The molecule has 2 aromatic heterocycles. The standard InChI is InChI=1S/C11H13N3O/c1-8(2)15-11-5-3-4-9(14-11)10-6-12-7-13-10/h3-8H,1-2H3,(H,12,13). The zero-order valence-electron chi connectivity index (χ0n) is 8.77. The van der Waals surface area contributed by atoms with Gasteiger partial charge >= 0.3 is 0 Å². The van der Waals surface area contributed by atoms with E-state index >= 15 is 0 Å². The number of hydrogen-bond donors (Lipinski definition) is 1. The van der Waals surface area contributed by atoms with Crippen molar-refractivity contribution >= 4 is 0 Å². The number of ether oxygens (including phenoxy) is 1. The molecule has 0 saturated carbocycles. The second-order valence-corrected chi connectivity index (χ2v) is 3.49. The predicted octanol–water partition coefficient (Wildman–Crippen LogP) is 2.26. The van der Waals surface area contributed by atoms with E-state index in [2.05, 4.69) is 15.0 Å². The number of nitrogens with one attached hydrogen (secondary N) is 1. The Labute approximate surface area is 88.3 Å². The summed E-state index contributed by atoms with van der Waals surface area (Å²) >= 11 is 0. The average molecular weight is 203 g/mol. The Morgan fingerprint density at radius 2 is 2.20 bits per heavy atom. The van der Waals surface area contributed by atoms with Crippen molar-refractivity contribution in [2.24, 2.45) is 0 Å². The van der Waals surface area contributed by atoms with Crippen molar-refractivity contribution in [1.29, 1.82) is 0 Å². The molecule has 0 radical (unpaired) electrons. The molecule has 4 nitrogen and oxygen atoms in total. The molecule has 2 aromatic rings. The molecular weight excluding hydrogens is 190 g/mol. The van der Waals surface area contributed by atoms with Gasteiger partial charge in [-0.1, -0.05) is 6.07 Å². The Morgan fingerprint density at radius 3 is 2.87 bits per heavy atom. The first kappa shape index (κ1) is 9.71. The first-order chi connectivity index (χ1) is 7.25. The van der Waals surface area contributed by atoms with Crippen molar-refractivity contribution < 1.29 is 4.74 Å². The van der Waals surface area contributed by atoms with Gasteiger partial charge in [-0.15, -0.1) is 0 Å². The van der Waals surface area contributed by atoms with E-state index in [1.807, 2.05) is 32.0 Å². The highest BCUT2D eigenvalue weighted by molar-refractivity contribution is 5.53. The Bertz CT molecular complexity index is 423. The van der Waals surface area contributed by atoms with E-state index in [0.717, 1.165) is 11.4 Å². The third kappa shape index (κ3) is 2.34. The van der Waals surface area contributed by atoms with Crippen LogP contribution in [0.2, 0.25) is 0 Å². The fourth-order valence-corrected chi connectivity index (χ4v) is 1.27. The smallest absolute Gasteiger partial charge is 0.214 e. The molecule has 0 unspecified atom stereocenters. The monoisotopic (exact) mass is 203 g/mol. The Morgan fingerprint density at radius 1 is 1.33 bits per heavy atom. The summed E-state index contributed by atoms with van der Waals surface area (Å²) in [5, 5.41) is 0. The molecule has 0 aliphatic rings. The molecule has 2 heterocycles. The van der Waals surface area contributed by atoms with Crippen molar-refractivity contribution in [3.05, 3.63) is 30.7 Å². The lowest BCUT2D eigenvalue weighted by molar-refractivity contribution is 0.233. The summed E-state index contributed by atoms with van der Waals surface area (Å²) in [5.41, 5.74) is 1.73. The van der Waals surface area contributed by atoms with Gasteiger partial charge in [-0.05, 0) is 19.9 Å². The Hall–Kier alpha value is -1.84. The minimum absolute atomic E-state index is 0.134. The van der Waals surface area contributed by atoms with Crippen LogP contribution < -0.4 is 4.74 Å². The maximum atomic E-state index is 5.51. The van der Waals surface area contributed by atoms with E-state index in [1.165, 1.54) is 0 Å². The molecule has 15 heavy (non-hydrogen) atoms. The molecule has 0 aromatic carbocycles. The predicted molar refractivity (Wildman–Crippen MR) is 57.6 cm³/mol. The number of pyridine rings is 1. The SMILES string of the molecule is CC(C)Oc1cccc(-c2cnc[nH]2)n1. The number of rotatable bonds is 3. The van der Waals surface area contributed by atoms with Gasteiger partial charge in [0.25, 0.3) is 0 Å². The molecule has 1 N–H and O–H groups in total. The van der Waals surface area contributed by atoms with Crippen LogP contribution in [-0.2, 0) is 0 Å². The molecule has 0 bridgehead atoms. The third-order valence-electron chi connectivity index (χ3n) is 1.85. The van der Waals surface area contributed by atoms with Crippen LogP contribution in [0.1, 0.15) is 13.8 Å². The number of imidazole rings is 1. The van der Waals surface area contributed by atoms with Crippen molar-refractivity contribution in [2.75, 3.05) is 0 Å². The first-order valence-electron chi connectivity index (χ1n) is 4.88. The largest absolute Gasteiger partial charge is 0.475 e. The van der Waals surface area contributed by atoms with Gasteiger partial charge in [-0.3, -0.25) is 0 Å². The number of H-pyrrole nitrogens is 1. The summed E-state index contributed by atoms with van der Waals surface area (Å²) < 4.78 is 5.51. The topological polar surface area (TPSA) is 50.8 Å². The highest BCUT2D eigenvalue weighted by Crippen LogP contribution is 2.17. The number of hydrogen-bond acceptors (Lipinski definition) is 3. The molecule has 2 rings (SSSR count). The van der Waals surface area contributed by atoms with E-state index in [9.17, 15) is 0 Å².